The third-order valence-corrected chi connectivity index (χ3v) is 2.62. The number of esters is 1. The molecule has 0 saturated heterocycles. The van der Waals surface area contributed by atoms with Crippen LogP contribution in [-0.2, 0) is 11.2 Å². The minimum atomic E-state index is -0.552. The number of aromatic nitrogens is 3. The number of carbonyl (C=O) groups excluding carboxylic acids is 1. The van der Waals surface area contributed by atoms with Crippen LogP contribution in [0.25, 0.3) is 5.65 Å². The molecule has 2 N–H and O–H groups in total. The van der Waals surface area contributed by atoms with Crippen LogP contribution >= 0.6 is 0 Å². The molecule has 7 heteroatoms. The second-order valence-corrected chi connectivity index (χ2v) is 3.75. The SMILES string of the molecule is COC(=O)c1c[nH]n2c(=O)c(CCCO)cnc12. The van der Waals surface area contributed by atoms with Crippen LogP contribution in [0.1, 0.15) is 22.3 Å². The third kappa shape index (κ3) is 2.00. The highest BCUT2D eigenvalue weighted by molar-refractivity contribution is 5.95. The van der Waals surface area contributed by atoms with Gasteiger partial charge in [-0.15, -0.1) is 0 Å². The van der Waals surface area contributed by atoms with Gasteiger partial charge in [-0.3, -0.25) is 9.89 Å². The van der Waals surface area contributed by atoms with Crippen molar-refractivity contribution >= 4 is 11.6 Å². The van der Waals surface area contributed by atoms with E-state index in [1.807, 2.05) is 0 Å². The predicted molar refractivity (Wildman–Crippen MR) is 62.6 cm³/mol. The van der Waals surface area contributed by atoms with Gasteiger partial charge in [-0.25, -0.2) is 14.3 Å². The summed E-state index contributed by atoms with van der Waals surface area (Å²) in [6.45, 7) is 0.0142. The van der Waals surface area contributed by atoms with Gasteiger partial charge in [0.1, 0.15) is 5.56 Å². The Morgan fingerprint density at radius 1 is 1.61 bits per heavy atom. The number of aromatic amines is 1. The van der Waals surface area contributed by atoms with Crippen molar-refractivity contribution in [2.45, 2.75) is 12.8 Å². The molecule has 2 aromatic rings. The van der Waals surface area contributed by atoms with Crippen LogP contribution in [0.2, 0.25) is 0 Å². The molecule has 2 heterocycles. The average Bonchev–Trinajstić information content (AvgIpc) is 2.82. The zero-order chi connectivity index (χ0) is 13.1. The van der Waals surface area contributed by atoms with Crippen molar-refractivity contribution < 1.29 is 14.6 Å². The van der Waals surface area contributed by atoms with Crippen molar-refractivity contribution in [1.82, 2.24) is 14.6 Å². The third-order valence-electron chi connectivity index (χ3n) is 2.62. The molecular formula is C11H13N3O4. The van der Waals surface area contributed by atoms with E-state index in [9.17, 15) is 9.59 Å². The standard InChI is InChI=1S/C11H13N3O4/c1-18-11(17)8-6-13-14-9(8)12-5-7(10(14)16)3-2-4-15/h5-6,13,15H,2-4H2,1H3. The first kappa shape index (κ1) is 12.3. The summed E-state index contributed by atoms with van der Waals surface area (Å²) in [6.07, 6.45) is 3.74. The fourth-order valence-electron chi connectivity index (χ4n) is 1.70. The summed E-state index contributed by atoms with van der Waals surface area (Å²) in [5.41, 5.74) is 0.659. The number of carbonyl (C=O) groups is 1. The molecule has 96 valence electrons. The molecule has 0 saturated carbocycles. The molecule has 0 atom stereocenters. The quantitative estimate of drug-likeness (QED) is 0.729. The van der Waals surface area contributed by atoms with Crippen molar-refractivity contribution in [3.05, 3.63) is 33.9 Å². The number of hydrogen-bond acceptors (Lipinski definition) is 5. The van der Waals surface area contributed by atoms with E-state index in [1.54, 1.807) is 0 Å². The molecule has 0 fully saturated rings. The molecular weight excluding hydrogens is 238 g/mol. The number of nitrogens with zero attached hydrogens (tertiary/aromatic N) is 2. The first-order chi connectivity index (χ1) is 8.69. The summed E-state index contributed by atoms with van der Waals surface area (Å²) in [7, 11) is 1.26. The minimum absolute atomic E-state index is 0.0142. The molecule has 2 aromatic heterocycles. The van der Waals surface area contributed by atoms with Gasteiger partial charge in [-0.05, 0) is 12.8 Å². The lowest BCUT2D eigenvalue weighted by Crippen LogP contribution is -2.20. The highest BCUT2D eigenvalue weighted by Crippen LogP contribution is 2.07. The number of nitrogens with one attached hydrogen (secondary N) is 1. The zero-order valence-electron chi connectivity index (χ0n) is 9.84. The molecule has 0 bridgehead atoms. The molecule has 0 spiro atoms. The fourth-order valence-corrected chi connectivity index (χ4v) is 1.70. The fraction of sp³-hybridized carbons (Fsp3) is 0.364. The van der Waals surface area contributed by atoms with E-state index >= 15 is 0 Å². The molecule has 0 aromatic carbocycles. The van der Waals surface area contributed by atoms with Crippen molar-refractivity contribution in [3.63, 3.8) is 0 Å². The Labute approximate surface area is 102 Å². The van der Waals surface area contributed by atoms with Gasteiger partial charge < -0.3 is 9.84 Å². The first-order valence-electron chi connectivity index (χ1n) is 5.46. The van der Waals surface area contributed by atoms with Gasteiger partial charge in [-0.2, -0.15) is 0 Å². The number of aliphatic hydroxyl groups is 1. The van der Waals surface area contributed by atoms with E-state index in [0.717, 1.165) is 0 Å². The van der Waals surface area contributed by atoms with E-state index in [2.05, 4.69) is 14.8 Å². The predicted octanol–water partition coefficient (Wildman–Crippen LogP) is -0.266. The summed E-state index contributed by atoms with van der Waals surface area (Å²) >= 11 is 0. The molecule has 2 rings (SSSR count). The van der Waals surface area contributed by atoms with Crippen molar-refractivity contribution in [2.24, 2.45) is 0 Å². The minimum Gasteiger partial charge on any atom is -0.465 e. The van der Waals surface area contributed by atoms with Gasteiger partial charge in [0.05, 0.1) is 7.11 Å². The number of ether oxygens (including phenoxy) is 1. The van der Waals surface area contributed by atoms with Crippen LogP contribution in [0.4, 0.5) is 0 Å². The van der Waals surface area contributed by atoms with Crippen LogP contribution in [0.3, 0.4) is 0 Å². The molecule has 0 radical (unpaired) electrons. The lowest BCUT2D eigenvalue weighted by atomic mass is 10.2. The van der Waals surface area contributed by atoms with E-state index in [-0.39, 0.29) is 23.4 Å². The van der Waals surface area contributed by atoms with Crippen LogP contribution in [0, 0.1) is 0 Å². The van der Waals surface area contributed by atoms with Gasteiger partial charge in [0.15, 0.2) is 5.65 Å². The van der Waals surface area contributed by atoms with Gasteiger partial charge in [0.25, 0.3) is 5.56 Å². The van der Waals surface area contributed by atoms with E-state index in [1.165, 1.54) is 24.0 Å². The Balaban J connectivity index is 2.50. The first-order valence-corrected chi connectivity index (χ1v) is 5.46. The molecule has 0 aliphatic rings. The highest BCUT2D eigenvalue weighted by atomic mass is 16.5. The Kier molecular flexibility index (Phi) is 3.42. The number of aliphatic hydroxyl groups excluding tert-OH is 1. The molecule has 0 aliphatic carbocycles. The second-order valence-electron chi connectivity index (χ2n) is 3.75. The van der Waals surface area contributed by atoms with Crippen molar-refractivity contribution in [1.29, 1.82) is 0 Å². The molecule has 0 amide bonds. The number of rotatable bonds is 4. The van der Waals surface area contributed by atoms with E-state index < -0.39 is 5.97 Å². The lowest BCUT2D eigenvalue weighted by molar-refractivity contribution is 0.0602. The number of H-pyrrole nitrogens is 1. The maximum Gasteiger partial charge on any atom is 0.343 e. The Morgan fingerprint density at radius 2 is 2.39 bits per heavy atom. The number of aryl methyl sites for hydroxylation is 1. The summed E-state index contributed by atoms with van der Waals surface area (Å²) < 4.78 is 5.78. The lowest BCUT2D eigenvalue weighted by Gasteiger charge is -2.00. The molecule has 0 aliphatic heterocycles. The largest absolute Gasteiger partial charge is 0.465 e. The van der Waals surface area contributed by atoms with Gasteiger partial charge in [-0.1, -0.05) is 0 Å². The summed E-state index contributed by atoms with van der Waals surface area (Å²) in [6, 6.07) is 0. The van der Waals surface area contributed by atoms with Crippen LogP contribution in [-0.4, -0.2) is 39.4 Å². The topological polar surface area (TPSA) is 96.7 Å². The van der Waals surface area contributed by atoms with E-state index in [0.29, 0.717) is 18.4 Å². The smallest absolute Gasteiger partial charge is 0.343 e. The van der Waals surface area contributed by atoms with Gasteiger partial charge in [0.2, 0.25) is 0 Å². The van der Waals surface area contributed by atoms with E-state index in [4.69, 9.17) is 5.11 Å². The van der Waals surface area contributed by atoms with Crippen LogP contribution < -0.4 is 5.56 Å². The summed E-state index contributed by atoms with van der Waals surface area (Å²) in [4.78, 5) is 27.5. The van der Waals surface area contributed by atoms with Crippen molar-refractivity contribution in [2.75, 3.05) is 13.7 Å². The molecule has 18 heavy (non-hydrogen) atoms. The normalized spacial score (nSPS) is 10.8. The van der Waals surface area contributed by atoms with Gasteiger partial charge in [0, 0.05) is 24.6 Å². The Bertz CT molecular complexity index is 629. The maximum atomic E-state index is 12.0. The zero-order valence-corrected chi connectivity index (χ0v) is 9.84. The van der Waals surface area contributed by atoms with Crippen molar-refractivity contribution in [3.8, 4) is 0 Å². The molecule has 0 unspecified atom stereocenters. The summed E-state index contributed by atoms with van der Waals surface area (Å²) in [5, 5.41) is 11.4. The summed E-state index contributed by atoms with van der Waals surface area (Å²) in [5.74, 6) is -0.552. The average molecular weight is 251 g/mol. The van der Waals surface area contributed by atoms with Crippen LogP contribution in [0.5, 0.6) is 0 Å². The number of fused-ring (bicyclic) bond motifs is 1. The second kappa shape index (κ2) is 5.01. The molecule has 7 nitrogen and oxygen atoms in total. The van der Waals surface area contributed by atoms with Gasteiger partial charge >= 0.3 is 5.97 Å². The Hall–Kier alpha value is -2.15. The monoisotopic (exact) mass is 251 g/mol. The maximum absolute atomic E-state index is 12.0. The number of methoxy groups -OCH3 is 1. The number of hydrogen-bond donors (Lipinski definition) is 2. The van der Waals surface area contributed by atoms with Crippen LogP contribution in [0.15, 0.2) is 17.2 Å². The highest BCUT2D eigenvalue weighted by Gasteiger charge is 2.15. The Morgan fingerprint density at radius 3 is 3.06 bits per heavy atom.